The Morgan fingerprint density at radius 1 is 1.47 bits per heavy atom. The Bertz CT molecular complexity index is 629. The molecule has 0 radical (unpaired) electrons. The summed E-state index contributed by atoms with van der Waals surface area (Å²) in [6, 6.07) is 5.32. The highest BCUT2D eigenvalue weighted by Gasteiger charge is 2.26. The van der Waals surface area contributed by atoms with Crippen LogP contribution >= 0.6 is 0 Å². The first-order valence-corrected chi connectivity index (χ1v) is 6.21. The number of rotatable bonds is 4. The number of benzene rings is 1. The Morgan fingerprint density at radius 3 is 2.89 bits per heavy atom. The largest absolute Gasteiger partial charge is 0.494 e. The minimum atomic E-state index is -0.499. The Hall–Kier alpha value is -2.30. The minimum absolute atomic E-state index is 0.377. The number of amides is 1. The van der Waals surface area contributed by atoms with Crippen molar-refractivity contribution in [1.29, 1.82) is 0 Å². The molecule has 0 spiro atoms. The maximum Gasteiger partial charge on any atom is 0.252 e. The zero-order valence-electron chi connectivity index (χ0n) is 10.7. The van der Waals surface area contributed by atoms with Gasteiger partial charge >= 0.3 is 0 Å². The maximum atomic E-state index is 11.4. The molecule has 2 aromatic rings. The third-order valence-corrected chi connectivity index (χ3v) is 3.34. The number of ether oxygens (including phenoxy) is 1. The standard InChI is InChI=1S/C14H15N3O2/c1-19-13-10(14(15)18)3-2-4-12(13)17-7-11(16-8-17)9-5-6-9/h2-4,7-9H,5-6H2,1H3,(H2,15,18). The summed E-state index contributed by atoms with van der Waals surface area (Å²) in [6.07, 6.45) is 6.14. The van der Waals surface area contributed by atoms with Crippen molar-refractivity contribution in [3.05, 3.63) is 42.0 Å². The van der Waals surface area contributed by atoms with Crippen molar-refractivity contribution in [3.63, 3.8) is 0 Å². The Kier molecular flexibility index (Phi) is 2.74. The van der Waals surface area contributed by atoms with Crippen LogP contribution in [0.15, 0.2) is 30.7 Å². The third-order valence-electron chi connectivity index (χ3n) is 3.34. The molecule has 1 amide bonds. The summed E-state index contributed by atoms with van der Waals surface area (Å²) in [5.74, 6) is 0.572. The van der Waals surface area contributed by atoms with E-state index < -0.39 is 5.91 Å². The lowest BCUT2D eigenvalue weighted by Gasteiger charge is -2.11. The van der Waals surface area contributed by atoms with E-state index in [-0.39, 0.29) is 0 Å². The molecule has 1 heterocycles. The van der Waals surface area contributed by atoms with Crippen LogP contribution in [0.2, 0.25) is 0 Å². The average Bonchev–Trinajstić information content (AvgIpc) is 3.15. The van der Waals surface area contributed by atoms with Gasteiger partial charge in [-0.15, -0.1) is 0 Å². The van der Waals surface area contributed by atoms with E-state index in [1.54, 1.807) is 18.5 Å². The highest BCUT2D eigenvalue weighted by Crippen LogP contribution is 2.39. The molecule has 0 atom stereocenters. The molecular formula is C14H15N3O2. The molecule has 1 saturated carbocycles. The van der Waals surface area contributed by atoms with Gasteiger partial charge in [0.2, 0.25) is 0 Å². The molecule has 1 fully saturated rings. The van der Waals surface area contributed by atoms with E-state index in [1.165, 1.54) is 20.0 Å². The first-order valence-electron chi connectivity index (χ1n) is 6.21. The van der Waals surface area contributed by atoms with Crippen LogP contribution in [0.1, 0.15) is 34.8 Å². The van der Waals surface area contributed by atoms with Gasteiger partial charge in [0.05, 0.1) is 30.4 Å². The molecule has 1 aliphatic carbocycles. The van der Waals surface area contributed by atoms with Crippen LogP contribution in [0.4, 0.5) is 0 Å². The summed E-state index contributed by atoms with van der Waals surface area (Å²) in [7, 11) is 1.53. The van der Waals surface area contributed by atoms with Gasteiger partial charge in [0.1, 0.15) is 0 Å². The molecule has 1 aliphatic rings. The van der Waals surface area contributed by atoms with Gasteiger partial charge < -0.3 is 15.0 Å². The zero-order chi connectivity index (χ0) is 13.4. The number of primary amides is 1. The Balaban J connectivity index is 2.07. The molecule has 1 aromatic carbocycles. The Morgan fingerprint density at radius 2 is 2.26 bits per heavy atom. The number of aromatic nitrogens is 2. The second-order valence-electron chi connectivity index (χ2n) is 4.70. The topological polar surface area (TPSA) is 70.1 Å². The van der Waals surface area contributed by atoms with Crippen LogP contribution in [0.25, 0.3) is 5.69 Å². The smallest absolute Gasteiger partial charge is 0.252 e. The quantitative estimate of drug-likeness (QED) is 0.908. The van der Waals surface area contributed by atoms with Crippen molar-refractivity contribution >= 4 is 5.91 Å². The predicted octanol–water partition coefficient (Wildman–Crippen LogP) is 1.86. The van der Waals surface area contributed by atoms with Gasteiger partial charge in [-0.3, -0.25) is 4.79 Å². The number of imidazole rings is 1. The molecule has 19 heavy (non-hydrogen) atoms. The van der Waals surface area contributed by atoms with E-state index in [9.17, 15) is 4.79 Å². The van der Waals surface area contributed by atoms with E-state index in [4.69, 9.17) is 10.5 Å². The van der Waals surface area contributed by atoms with Gasteiger partial charge in [-0.2, -0.15) is 0 Å². The highest BCUT2D eigenvalue weighted by molar-refractivity contribution is 5.96. The molecular weight excluding hydrogens is 242 g/mol. The fourth-order valence-corrected chi connectivity index (χ4v) is 2.20. The zero-order valence-corrected chi connectivity index (χ0v) is 10.7. The molecule has 1 aromatic heterocycles. The lowest BCUT2D eigenvalue weighted by molar-refractivity contribution is 0.0997. The number of hydrogen-bond acceptors (Lipinski definition) is 3. The van der Waals surface area contributed by atoms with Gasteiger partial charge in [-0.05, 0) is 25.0 Å². The number of carbonyl (C=O) groups is 1. The minimum Gasteiger partial charge on any atom is -0.494 e. The van der Waals surface area contributed by atoms with E-state index in [2.05, 4.69) is 4.98 Å². The number of nitrogens with two attached hydrogens (primary N) is 1. The number of para-hydroxylation sites is 1. The van der Waals surface area contributed by atoms with Gasteiger partial charge in [0.15, 0.2) is 5.75 Å². The van der Waals surface area contributed by atoms with E-state index in [0.717, 1.165) is 11.4 Å². The highest BCUT2D eigenvalue weighted by atomic mass is 16.5. The van der Waals surface area contributed by atoms with Crippen LogP contribution in [-0.4, -0.2) is 22.6 Å². The van der Waals surface area contributed by atoms with Gasteiger partial charge in [0.25, 0.3) is 5.91 Å². The van der Waals surface area contributed by atoms with Crippen LogP contribution in [0.5, 0.6) is 5.75 Å². The van der Waals surface area contributed by atoms with Gasteiger partial charge in [-0.25, -0.2) is 4.98 Å². The molecule has 0 bridgehead atoms. The second-order valence-corrected chi connectivity index (χ2v) is 4.70. The summed E-state index contributed by atoms with van der Waals surface area (Å²) in [6.45, 7) is 0. The SMILES string of the molecule is COc1c(C(N)=O)cccc1-n1cnc(C2CC2)c1. The monoisotopic (exact) mass is 257 g/mol. The van der Waals surface area contributed by atoms with Crippen LogP contribution in [0.3, 0.4) is 0 Å². The van der Waals surface area contributed by atoms with Crippen molar-refractivity contribution in [1.82, 2.24) is 9.55 Å². The number of methoxy groups -OCH3 is 1. The lowest BCUT2D eigenvalue weighted by Crippen LogP contribution is -2.13. The van der Waals surface area contributed by atoms with E-state index >= 15 is 0 Å². The van der Waals surface area contributed by atoms with Gasteiger partial charge in [-0.1, -0.05) is 6.07 Å². The fourth-order valence-electron chi connectivity index (χ4n) is 2.20. The van der Waals surface area contributed by atoms with Crippen molar-refractivity contribution < 1.29 is 9.53 Å². The average molecular weight is 257 g/mol. The summed E-state index contributed by atoms with van der Waals surface area (Å²) in [4.78, 5) is 15.8. The Labute approximate surface area is 111 Å². The molecule has 0 saturated heterocycles. The van der Waals surface area contributed by atoms with Crippen LogP contribution < -0.4 is 10.5 Å². The number of carbonyl (C=O) groups excluding carboxylic acids is 1. The summed E-state index contributed by atoms with van der Waals surface area (Å²) in [5.41, 5.74) is 7.60. The molecule has 98 valence electrons. The van der Waals surface area contributed by atoms with Crippen molar-refractivity contribution in [2.24, 2.45) is 5.73 Å². The number of hydrogen-bond donors (Lipinski definition) is 1. The first kappa shape index (κ1) is 11.8. The van der Waals surface area contributed by atoms with Crippen molar-refractivity contribution in [3.8, 4) is 11.4 Å². The van der Waals surface area contributed by atoms with Gasteiger partial charge in [0, 0.05) is 12.1 Å². The molecule has 2 N–H and O–H groups in total. The summed E-state index contributed by atoms with van der Waals surface area (Å²) >= 11 is 0. The number of nitrogens with zero attached hydrogens (tertiary/aromatic N) is 2. The summed E-state index contributed by atoms with van der Waals surface area (Å²) < 4.78 is 7.20. The van der Waals surface area contributed by atoms with Crippen LogP contribution in [-0.2, 0) is 0 Å². The normalized spacial score (nSPS) is 14.4. The van der Waals surface area contributed by atoms with E-state index in [0.29, 0.717) is 17.2 Å². The van der Waals surface area contributed by atoms with E-state index in [1.807, 2.05) is 16.8 Å². The molecule has 5 heteroatoms. The fraction of sp³-hybridized carbons (Fsp3) is 0.286. The molecule has 5 nitrogen and oxygen atoms in total. The van der Waals surface area contributed by atoms with Crippen molar-refractivity contribution in [2.75, 3.05) is 7.11 Å². The maximum absolute atomic E-state index is 11.4. The van der Waals surface area contributed by atoms with Crippen molar-refractivity contribution in [2.45, 2.75) is 18.8 Å². The lowest BCUT2D eigenvalue weighted by atomic mass is 10.1. The molecule has 3 rings (SSSR count). The first-order chi connectivity index (χ1) is 9.20. The third kappa shape index (κ3) is 2.07. The van der Waals surface area contributed by atoms with Crippen LogP contribution in [0, 0.1) is 0 Å². The predicted molar refractivity (Wildman–Crippen MR) is 70.6 cm³/mol. The molecule has 0 aliphatic heterocycles. The molecule has 0 unspecified atom stereocenters. The second kappa shape index (κ2) is 4.42. The summed E-state index contributed by atoms with van der Waals surface area (Å²) in [5, 5.41) is 0.